The zero-order valence-electron chi connectivity index (χ0n) is 21.5. The third-order valence-electron chi connectivity index (χ3n) is 5.69. The molecule has 0 aliphatic heterocycles. The van der Waals surface area contributed by atoms with Crippen molar-refractivity contribution in [2.75, 3.05) is 6.61 Å². The van der Waals surface area contributed by atoms with E-state index in [0.717, 1.165) is 10.3 Å². The summed E-state index contributed by atoms with van der Waals surface area (Å²) in [6.45, 7) is 3.62. The summed E-state index contributed by atoms with van der Waals surface area (Å²) >= 11 is 1.22. The van der Waals surface area contributed by atoms with E-state index < -0.39 is 31.4 Å². The molecule has 3 atom stereocenters. The molecule has 0 aliphatic rings. The Morgan fingerprint density at radius 2 is 1.67 bits per heavy atom. The van der Waals surface area contributed by atoms with Crippen molar-refractivity contribution < 1.29 is 32.5 Å². The summed E-state index contributed by atoms with van der Waals surface area (Å²) in [5, 5.41) is 3.16. The second-order valence-electron chi connectivity index (χ2n) is 8.83. The van der Waals surface area contributed by atoms with Gasteiger partial charge in [0.1, 0.15) is 23.3 Å². The van der Waals surface area contributed by atoms with E-state index in [1.54, 1.807) is 42.5 Å². The largest absolute Gasteiger partial charge is 0.465 e. The van der Waals surface area contributed by atoms with Crippen LogP contribution in [0.25, 0.3) is 10.1 Å². The van der Waals surface area contributed by atoms with Crippen LogP contribution in [0.2, 0.25) is 0 Å². The predicted molar refractivity (Wildman–Crippen MR) is 150 cm³/mol. The number of fused-ring (bicyclic) bond motifs is 1. The first-order valence-corrected chi connectivity index (χ1v) is 15.0. The van der Waals surface area contributed by atoms with Crippen molar-refractivity contribution in [1.82, 2.24) is 5.09 Å². The van der Waals surface area contributed by atoms with Crippen LogP contribution < -0.4 is 9.61 Å². The molecule has 0 bridgehead atoms. The molecule has 39 heavy (non-hydrogen) atoms. The van der Waals surface area contributed by atoms with Crippen molar-refractivity contribution in [3.05, 3.63) is 101 Å². The highest BCUT2D eigenvalue weighted by molar-refractivity contribution is 7.57. The minimum Gasteiger partial charge on any atom is -0.465 e. The molecule has 4 aromatic rings. The van der Waals surface area contributed by atoms with Crippen LogP contribution in [0.3, 0.4) is 0 Å². The Kier molecular flexibility index (Phi) is 9.51. The number of carbonyl (C=O) groups excluding carboxylic acids is 2. The van der Waals surface area contributed by atoms with Crippen LogP contribution in [0.5, 0.6) is 5.75 Å². The molecule has 0 radical (unpaired) electrons. The van der Waals surface area contributed by atoms with Gasteiger partial charge in [-0.05, 0) is 60.2 Å². The lowest BCUT2D eigenvalue weighted by atomic mass is 10.2. The molecule has 0 amide bonds. The van der Waals surface area contributed by atoms with Gasteiger partial charge in [-0.3, -0.25) is 9.36 Å². The van der Waals surface area contributed by atoms with Gasteiger partial charge in [-0.15, -0.1) is 11.3 Å². The molecule has 0 fully saturated rings. The van der Waals surface area contributed by atoms with Crippen LogP contribution >= 0.6 is 18.9 Å². The Balaban J connectivity index is 1.56. The van der Waals surface area contributed by atoms with E-state index in [4.69, 9.17) is 14.0 Å². The van der Waals surface area contributed by atoms with Gasteiger partial charge in [0.25, 0.3) is 0 Å². The first-order chi connectivity index (χ1) is 18.8. The highest BCUT2D eigenvalue weighted by atomic mass is 32.1. The average molecular weight is 570 g/mol. The number of alkyl halides is 1. The van der Waals surface area contributed by atoms with E-state index in [-0.39, 0.29) is 24.5 Å². The third-order valence-corrected chi connectivity index (χ3v) is 8.91. The van der Waals surface area contributed by atoms with Gasteiger partial charge in [-0.2, -0.15) is 0 Å². The number of rotatable bonds is 12. The summed E-state index contributed by atoms with van der Waals surface area (Å²) in [4.78, 5) is 25.3. The number of nitrogens with one attached hydrogen (secondary N) is 1. The normalized spacial score (nSPS) is 14.2. The zero-order valence-corrected chi connectivity index (χ0v) is 23.3. The van der Waals surface area contributed by atoms with Crippen molar-refractivity contribution in [3.8, 4) is 5.75 Å². The number of carbonyl (C=O) groups is 2. The molecule has 1 N–H and O–H groups in total. The Bertz CT molecular complexity index is 1460. The third kappa shape index (κ3) is 7.32. The Morgan fingerprint density at radius 1 is 0.974 bits per heavy atom. The molecule has 0 aliphatic carbocycles. The number of halogens is 1. The predicted octanol–water partition coefficient (Wildman–Crippen LogP) is 7.43. The summed E-state index contributed by atoms with van der Waals surface area (Å²) in [6, 6.07) is 22.7. The van der Waals surface area contributed by atoms with Gasteiger partial charge in [-0.25, -0.2) is 14.3 Å². The summed E-state index contributed by atoms with van der Waals surface area (Å²) < 4.78 is 46.9. The van der Waals surface area contributed by atoms with E-state index in [2.05, 4.69) is 5.09 Å². The Labute approximate surface area is 230 Å². The number of hydrogen-bond acceptors (Lipinski definition) is 7. The van der Waals surface area contributed by atoms with Gasteiger partial charge in [0.05, 0.1) is 6.61 Å². The maximum atomic E-state index is 16.1. The van der Waals surface area contributed by atoms with Crippen LogP contribution in [-0.4, -0.2) is 24.6 Å². The zero-order chi connectivity index (χ0) is 27.8. The average Bonchev–Trinajstić information content (AvgIpc) is 3.39. The highest BCUT2D eigenvalue weighted by Crippen LogP contribution is 2.58. The Hall–Kier alpha value is -3.52. The van der Waals surface area contributed by atoms with Crippen LogP contribution in [0.1, 0.15) is 47.0 Å². The molecule has 0 saturated carbocycles. The fraction of sp³-hybridized carbons (Fsp3) is 0.241. The molecule has 2 unspecified atom stereocenters. The van der Waals surface area contributed by atoms with Gasteiger partial charge in [0, 0.05) is 4.70 Å². The second-order valence-corrected chi connectivity index (χ2v) is 12.0. The van der Waals surface area contributed by atoms with Gasteiger partial charge in [0.2, 0.25) is 5.91 Å². The molecule has 204 valence electrons. The Morgan fingerprint density at radius 3 is 2.36 bits per heavy atom. The highest BCUT2D eigenvalue weighted by Gasteiger charge is 2.40. The molecule has 10 heteroatoms. The maximum Gasteiger partial charge on any atom is 0.355 e. The molecular weight excluding hydrogens is 540 g/mol. The van der Waals surface area contributed by atoms with E-state index in [1.165, 1.54) is 30.4 Å². The molecule has 3 aromatic carbocycles. The SMILES string of the molecule is CCCOC(=O)[C@H](C)NP(=O)(Oc1ccccc1)C(F)c1ccc2sc(C(=O)OCc3ccccc3)cc2c1. The summed E-state index contributed by atoms with van der Waals surface area (Å²) in [5.74, 6) is -3.08. The molecule has 4 rings (SSSR count). The lowest BCUT2D eigenvalue weighted by Crippen LogP contribution is -2.35. The molecule has 0 spiro atoms. The first kappa shape index (κ1) is 28.5. The monoisotopic (exact) mass is 569 g/mol. The van der Waals surface area contributed by atoms with Gasteiger partial charge in [-0.1, -0.05) is 61.5 Å². The van der Waals surface area contributed by atoms with Crippen molar-refractivity contribution in [3.63, 3.8) is 0 Å². The van der Waals surface area contributed by atoms with Crippen molar-refractivity contribution in [2.24, 2.45) is 0 Å². The summed E-state index contributed by atoms with van der Waals surface area (Å²) in [6.07, 6.45) is 0.616. The molecular formula is C29H29FNO6PS. The quantitative estimate of drug-likeness (QED) is 0.140. The molecule has 1 aromatic heterocycles. The fourth-order valence-corrected chi connectivity index (χ4v) is 6.57. The van der Waals surface area contributed by atoms with Crippen molar-refractivity contribution in [2.45, 2.75) is 38.8 Å². The van der Waals surface area contributed by atoms with E-state index in [9.17, 15) is 14.2 Å². The summed E-state index contributed by atoms with van der Waals surface area (Å²) in [7, 11) is -4.34. The second kappa shape index (κ2) is 13.0. The number of ether oxygens (including phenoxy) is 2. The lowest BCUT2D eigenvalue weighted by Gasteiger charge is -2.26. The van der Waals surface area contributed by atoms with Crippen molar-refractivity contribution in [1.29, 1.82) is 0 Å². The number of esters is 2. The smallest absolute Gasteiger partial charge is 0.355 e. The minimum atomic E-state index is -4.34. The minimum absolute atomic E-state index is 0.0744. The molecule has 7 nitrogen and oxygen atoms in total. The first-order valence-electron chi connectivity index (χ1n) is 12.5. The van der Waals surface area contributed by atoms with Crippen LogP contribution in [0.4, 0.5) is 4.39 Å². The van der Waals surface area contributed by atoms with Gasteiger partial charge < -0.3 is 14.0 Å². The van der Waals surface area contributed by atoms with Crippen LogP contribution in [0, 0.1) is 0 Å². The maximum absolute atomic E-state index is 16.1. The number of para-hydroxylation sites is 1. The van der Waals surface area contributed by atoms with E-state index >= 15 is 4.39 Å². The van der Waals surface area contributed by atoms with Crippen LogP contribution in [0.15, 0.2) is 84.9 Å². The van der Waals surface area contributed by atoms with Crippen LogP contribution in [-0.2, 0) is 25.4 Å². The van der Waals surface area contributed by atoms with Crippen molar-refractivity contribution >= 4 is 40.9 Å². The standard InChI is InChI=1S/C29H29FNO6PS/c1-3-16-35-28(32)20(2)31-38(34,37-24-12-8-5-9-13-24)27(30)22-14-15-25-23(17-22)18-26(39-25)29(33)36-19-21-10-6-4-7-11-21/h4-15,17-18,20,27H,3,16,19H2,1-2H3,(H,31,34)/t20-,27?,38?/m0/s1. The number of hydrogen-bond donors (Lipinski definition) is 1. The fourth-order valence-electron chi connectivity index (χ4n) is 3.73. The van der Waals surface area contributed by atoms with E-state index in [0.29, 0.717) is 16.7 Å². The van der Waals surface area contributed by atoms with Gasteiger partial charge in [0.15, 0.2) is 0 Å². The number of thiophene rings is 1. The van der Waals surface area contributed by atoms with Gasteiger partial charge >= 0.3 is 19.5 Å². The topological polar surface area (TPSA) is 90.9 Å². The molecule has 1 heterocycles. The number of benzene rings is 3. The summed E-state index contributed by atoms with van der Waals surface area (Å²) in [5.41, 5.74) is 0.939. The van der Waals surface area contributed by atoms with E-state index in [1.807, 2.05) is 37.3 Å². The molecule has 0 saturated heterocycles. The lowest BCUT2D eigenvalue weighted by molar-refractivity contribution is -0.145.